The third kappa shape index (κ3) is 4.76. The Labute approximate surface area is 128 Å². The fourth-order valence-electron chi connectivity index (χ4n) is 2.42. The summed E-state index contributed by atoms with van der Waals surface area (Å²) in [5, 5.41) is 10.4. The Hall–Kier alpha value is -1.51. The Morgan fingerprint density at radius 3 is 2.19 bits per heavy atom. The van der Waals surface area contributed by atoms with Gasteiger partial charge in [-0.1, -0.05) is 33.6 Å². The number of carbonyl (C=O) groups is 1. The maximum atomic E-state index is 11.6. The molecule has 0 aromatic heterocycles. The van der Waals surface area contributed by atoms with Gasteiger partial charge < -0.3 is 9.84 Å². The topological polar surface area (TPSA) is 46.5 Å². The molecule has 0 aliphatic rings. The molecule has 0 saturated carbocycles. The summed E-state index contributed by atoms with van der Waals surface area (Å²) in [6.07, 6.45) is 6.23. The smallest absolute Gasteiger partial charge is 0.310 e. The van der Waals surface area contributed by atoms with Gasteiger partial charge in [-0.25, -0.2) is 0 Å². The number of phenolic OH excluding ortho intramolecular Hbond substituents is 1. The molecule has 0 spiro atoms. The van der Waals surface area contributed by atoms with Crippen LogP contribution in [0.5, 0.6) is 11.5 Å². The number of hydrogen-bond acceptors (Lipinski definition) is 3. The van der Waals surface area contributed by atoms with Crippen LogP contribution in [0.25, 0.3) is 0 Å². The first kappa shape index (κ1) is 17.5. The van der Waals surface area contributed by atoms with Gasteiger partial charge in [-0.05, 0) is 44.2 Å². The average Bonchev–Trinajstić information content (AvgIpc) is 2.48. The fraction of sp³-hybridized carbons (Fsp3) is 0.611. The van der Waals surface area contributed by atoms with E-state index in [0.717, 1.165) is 55.2 Å². The van der Waals surface area contributed by atoms with Gasteiger partial charge in [0.05, 0.1) is 0 Å². The summed E-state index contributed by atoms with van der Waals surface area (Å²) in [5.74, 6) is 0.779. The van der Waals surface area contributed by atoms with Crippen molar-refractivity contribution in [2.24, 2.45) is 0 Å². The normalized spacial score (nSPS) is 10.7. The lowest BCUT2D eigenvalue weighted by molar-refractivity contribution is -0.134. The first-order chi connectivity index (χ1) is 10.0. The van der Waals surface area contributed by atoms with Crippen molar-refractivity contribution in [3.8, 4) is 11.5 Å². The number of aryl methyl sites for hydroxylation is 1. The zero-order valence-corrected chi connectivity index (χ0v) is 13.8. The highest BCUT2D eigenvalue weighted by molar-refractivity contribution is 5.73. The lowest BCUT2D eigenvalue weighted by Crippen LogP contribution is -2.10. The second-order valence-electron chi connectivity index (χ2n) is 5.53. The van der Waals surface area contributed by atoms with Gasteiger partial charge in [0.25, 0.3) is 0 Å². The molecule has 0 unspecified atom stereocenters. The van der Waals surface area contributed by atoms with Crippen LogP contribution < -0.4 is 4.74 Å². The summed E-state index contributed by atoms with van der Waals surface area (Å²) >= 11 is 0. The minimum absolute atomic E-state index is 0.223. The van der Waals surface area contributed by atoms with E-state index in [1.807, 2.05) is 6.92 Å². The van der Waals surface area contributed by atoms with Crippen LogP contribution in [-0.2, 0) is 17.6 Å². The van der Waals surface area contributed by atoms with Crippen molar-refractivity contribution in [3.63, 3.8) is 0 Å². The summed E-state index contributed by atoms with van der Waals surface area (Å²) < 4.78 is 5.50. The number of esters is 1. The minimum atomic E-state index is -0.223. The zero-order valence-electron chi connectivity index (χ0n) is 13.8. The summed E-state index contributed by atoms with van der Waals surface area (Å²) in [4.78, 5) is 11.6. The summed E-state index contributed by atoms with van der Waals surface area (Å²) in [6.45, 7) is 7.92. The van der Waals surface area contributed by atoms with Gasteiger partial charge in [0, 0.05) is 17.5 Å². The standard InChI is InChI=1S/C18H28O3/c1-5-8-10-14-15(11-9-6-2)18(20)13(4)12-16(14)21-17(19)7-3/h12,20H,5-11H2,1-4H3. The zero-order chi connectivity index (χ0) is 15.8. The maximum absolute atomic E-state index is 11.6. The predicted octanol–water partition coefficient (Wildman–Crippen LogP) is 4.70. The minimum Gasteiger partial charge on any atom is -0.507 e. The number of hydrogen-bond donors (Lipinski definition) is 1. The van der Waals surface area contributed by atoms with E-state index in [4.69, 9.17) is 4.74 Å². The third-order valence-electron chi connectivity index (χ3n) is 3.74. The molecule has 0 aliphatic heterocycles. The van der Waals surface area contributed by atoms with Crippen LogP contribution in [0, 0.1) is 6.92 Å². The van der Waals surface area contributed by atoms with Crippen molar-refractivity contribution in [1.29, 1.82) is 0 Å². The molecular weight excluding hydrogens is 264 g/mol. The number of carbonyl (C=O) groups excluding carboxylic acids is 1. The second-order valence-corrected chi connectivity index (χ2v) is 5.53. The molecule has 0 saturated heterocycles. The second kappa shape index (κ2) is 8.71. The molecule has 0 fully saturated rings. The summed E-state index contributed by atoms with van der Waals surface area (Å²) in [7, 11) is 0. The number of benzene rings is 1. The molecule has 1 aromatic carbocycles. The van der Waals surface area contributed by atoms with E-state index in [1.165, 1.54) is 0 Å². The van der Waals surface area contributed by atoms with Gasteiger partial charge >= 0.3 is 5.97 Å². The molecule has 3 heteroatoms. The summed E-state index contributed by atoms with van der Waals surface area (Å²) in [5.41, 5.74) is 2.75. The Balaban J connectivity index is 3.25. The van der Waals surface area contributed by atoms with Crippen molar-refractivity contribution in [3.05, 3.63) is 22.8 Å². The molecule has 0 atom stereocenters. The molecule has 1 aromatic rings. The molecule has 0 amide bonds. The Morgan fingerprint density at radius 2 is 1.67 bits per heavy atom. The number of unbranched alkanes of at least 4 members (excludes halogenated alkanes) is 2. The monoisotopic (exact) mass is 292 g/mol. The lowest BCUT2D eigenvalue weighted by atomic mass is 9.93. The fourth-order valence-corrected chi connectivity index (χ4v) is 2.42. The molecular formula is C18H28O3. The molecule has 0 bridgehead atoms. The van der Waals surface area contributed by atoms with E-state index in [2.05, 4.69) is 13.8 Å². The largest absolute Gasteiger partial charge is 0.507 e. The van der Waals surface area contributed by atoms with E-state index < -0.39 is 0 Å². The first-order valence-electron chi connectivity index (χ1n) is 8.10. The van der Waals surface area contributed by atoms with Crippen molar-refractivity contribution in [2.75, 3.05) is 0 Å². The van der Waals surface area contributed by atoms with Gasteiger partial charge in [0.15, 0.2) is 0 Å². The highest BCUT2D eigenvalue weighted by Gasteiger charge is 2.18. The van der Waals surface area contributed by atoms with E-state index >= 15 is 0 Å². The third-order valence-corrected chi connectivity index (χ3v) is 3.74. The van der Waals surface area contributed by atoms with E-state index in [0.29, 0.717) is 17.9 Å². The molecule has 1 rings (SSSR count). The SMILES string of the molecule is CCCCc1c(OC(=O)CC)cc(C)c(O)c1CCCC. The van der Waals surface area contributed by atoms with E-state index in [1.54, 1.807) is 13.0 Å². The van der Waals surface area contributed by atoms with Gasteiger partial charge in [0.2, 0.25) is 0 Å². The predicted molar refractivity (Wildman–Crippen MR) is 86.0 cm³/mol. The highest BCUT2D eigenvalue weighted by atomic mass is 16.5. The van der Waals surface area contributed by atoms with Crippen LogP contribution in [0.4, 0.5) is 0 Å². The number of aromatic hydroxyl groups is 1. The van der Waals surface area contributed by atoms with Crippen LogP contribution in [-0.4, -0.2) is 11.1 Å². The first-order valence-corrected chi connectivity index (χ1v) is 8.10. The van der Waals surface area contributed by atoms with Crippen molar-refractivity contribution in [1.82, 2.24) is 0 Å². The Kier molecular flexibility index (Phi) is 7.27. The van der Waals surface area contributed by atoms with Crippen LogP contribution in [0.2, 0.25) is 0 Å². The molecule has 118 valence electrons. The van der Waals surface area contributed by atoms with Crippen molar-refractivity contribution in [2.45, 2.75) is 72.6 Å². The van der Waals surface area contributed by atoms with Crippen LogP contribution in [0.1, 0.15) is 69.6 Å². The van der Waals surface area contributed by atoms with Crippen molar-refractivity contribution < 1.29 is 14.6 Å². The Morgan fingerprint density at radius 1 is 1.10 bits per heavy atom. The van der Waals surface area contributed by atoms with Crippen LogP contribution in [0.3, 0.4) is 0 Å². The van der Waals surface area contributed by atoms with Gasteiger partial charge in [-0.3, -0.25) is 4.79 Å². The van der Waals surface area contributed by atoms with E-state index in [-0.39, 0.29) is 5.97 Å². The molecule has 1 N–H and O–H groups in total. The molecule has 0 radical (unpaired) electrons. The number of rotatable bonds is 8. The lowest BCUT2D eigenvalue weighted by Gasteiger charge is -2.18. The van der Waals surface area contributed by atoms with Gasteiger partial charge in [-0.2, -0.15) is 0 Å². The van der Waals surface area contributed by atoms with Crippen LogP contribution >= 0.6 is 0 Å². The van der Waals surface area contributed by atoms with Crippen LogP contribution in [0.15, 0.2) is 6.07 Å². The Bertz CT molecular complexity index is 478. The quantitative estimate of drug-likeness (QED) is 0.558. The molecule has 0 heterocycles. The summed E-state index contributed by atoms with van der Waals surface area (Å²) in [6, 6.07) is 1.79. The van der Waals surface area contributed by atoms with Gasteiger partial charge in [-0.15, -0.1) is 0 Å². The van der Waals surface area contributed by atoms with Gasteiger partial charge in [0.1, 0.15) is 11.5 Å². The average molecular weight is 292 g/mol. The highest BCUT2D eigenvalue weighted by Crippen LogP contribution is 2.35. The maximum Gasteiger partial charge on any atom is 0.310 e. The molecule has 21 heavy (non-hydrogen) atoms. The molecule has 0 aliphatic carbocycles. The van der Waals surface area contributed by atoms with E-state index in [9.17, 15) is 9.90 Å². The number of phenols is 1. The number of ether oxygens (including phenoxy) is 1. The molecule has 3 nitrogen and oxygen atoms in total. The van der Waals surface area contributed by atoms with Crippen molar-refractivity contribution >= 4 is 5.97 Å².